The molecule has 0 saturated heterocycles. The van der Waals surface area contributed by atoms with Gasteiger partial charge in [-0.3, -0.25) is 0 Å². The van der Waals surface area contributed by atoms with Crippen LogP contribution in [0.15, 0.2) is 29.6 Å². The summed E-state index contributed by atoms with van der Waals surface area (Å²) in [7, 11) is 0. The van der Waals surface area contributed by atoms with Gasteiger partial charge in [0.15, 0.2) is 0 Å². The van der Waals surface area contributed by atoms with Crippen molar-refractivity contribution in [1.82, 2.24) is 4.98 Å². The number of nitrogens with zero attached hydrogens (tertiary/aromatic N) is 1. The van der Waals surface area contributed by atoms with Crippen molar-refractivity contribution < 1.29 is 0 Å². The van der Waals surface area contributed by atoms with Crippen LogP contribution < -0.4 is 5.73 Å². The lowest BCUT2D eigenvalue weighted by Gasteiger charge is -2.35. The molecule has 2 aromatic rings. The summed E-state index contributed by atoms with van der Waals surface area (Å²) in [5.41, 5.74) is 8.14. The number of hydrogen-bond donors (Lipinski definition) is 1. The molecule has 1 aliphatic carbocycles. The summed E-state index contributed by atoms with van der Waals surface area (Å²) in [6.45, 7) is 0. The molecule has 1 aromatic carbocycles. The molecular formula is C13H13ClN2S. The SMILES string of the molecule is NC1(c2nc(-c3cccc(Cl)c3)cs2)CCC1. The smallest absolute Gasteiger partial charge is 0.113 e. The van der Waals surface area contributed by atoms with Crippen molar-refractivity contribution in [3.63, 3.8) is 0 Å². The van der Waals surface area contributed by atoms with Crippen LogP contribution in [-0.4, -0.2) is 4.98 Å². The van der Waals surface area contributed by atoms with Crippen LogP contribution in [0.3, 0.4) is 0 Å². The minimum absolute atomic E-state index is 0.165. The first-order valence-corrected chi connectivity index (χ1v) is 6.94. The Morgan fingerprint density at radius 2 is 2.18 bits per heavy atom. The highest BCUT2D eigenvalue weighted by molar-refractivity contribution is 7.10. The van der Waals surface area contributed by atoms with E-state index < -0.39 is 0 Å². The van der Waals surface area contributed by atoms with Crippen molar-refractivity contribution in [2.24, 2.45) is 5.73 Å². The van der Waals surface area contributed by atoms with Crippen LogP contribution in [-0.2, 0) is 5.54 Å². The van der Waals surface area contributed by atoms with E-state index in [1.165, 1.54) is 6.42 Å². The third-order valence-corrected chi connectivity index (χ3v) is 4.59. The summed E-state index contributed by atoms with van der Waals surface area (Å²) in [5.74, 6) is 0. The standard InChI is InChI=1S/C13H13ClN2S/c14-10-4-1-3-9(7-10)11-8-17-12(16-11)13(15)5-2-6-13/h1,3-4,7-8H,2,5-6,15H2. The summed E-state index contributed by atoms with van der Waals surface area (Å²) in [6.07, 6.45) is 3.31. The van der Waals surface area contributed by atoms with Crippen molar-refractivity contribution in [3.05, 3.63) is 39.7 Å². The molecule has 3 rings (SSSR count). The highest BCUT2D eigenvalue weighted by atomic mass is 35.5. The van der Waals surface area contributed by atoms with E-state index in [-0.39, 0.29) is 5.54 Å². The first-order valence-electron chi connectivity index (χ1n) is 5.68. The van der Waals surface area contributed by atoms with Gasteiger partial charge >= 0.3 is 0 Å². The monoisotopic (exact) mass is 264 g/mol. The predicted octanol–water partition coefficient (Wildman–Crippen LogP) is 3.80. The summed E-state index contributed by atoms with van der Waals surface area (Å²) in [5, 5.41) is 3.86. The van der Waals surface area contributed by atoms with Crippen LogP contribution in [0.2, 0.25) is 5.02 Å². The van der Waals surface area contributed by atoms with Gasteiger partial charge in [0.25, 0.3) is 0 Å². The molecule has 0 aliphatic heterocycles. The van der Waals surface area contributed by atoms with Gasteiger partial charge in [0, 0.05) is 16.0 Å². The van der Waals surface area contributed by atoms with E-state index in [1.54, 1.807) is 11.3 Å². The molecule has 1 aliphatic rings. The molecule has 2 nitrogen and oxygen atoms in total. The van der Waals surface area contributed by atoms with Gasteiger partial charge in [-0.1, -0.05) is 23.7 Å². The highest BCUT2D eigenvalue weighted by Crippen LogP contribution is 2.41. The molecular weight excluding hydrogens is 252 g/mol. The molecule has 1 fully saturated rings. The molecule has 4 heteroatoms. The number of halogens is 1. The topological polar surface area (TPSA) is 38.9 Å². The van der Waals surface area contributed by atoms with E-state index in [2.05, 4.69) is 10.4 Å². The zero-order chi connectivity index (χ0) is 11.9. The normalized spacial score (nSPS) is 17.8. The number of aromatic nitrogens is 1. The third-order valence-electron chi connectivity index (χ3n) is 3.30. The lowest BCUT2D eigenvalue weighted by atomic mass is 9.78. The van der Waals surface area contributed by atoms with Gasteiger partial charge in [-0.2, -0.15) is 0 Å². The van der Waals surface area contributed by atoms with E-state index in [0.717, 1.165) is 34.1 Å². The molecule has 17 heavy (non-hydrogen) atoms. The average molecular weight is 265 g/mol. The molecule has 1 heterocycles. The lowest BCUT2D eigenvalue weighted by Crippen LogP contribution is -2.43. The van der Waals surface area contributed by atoms with Crippen LogP contribution in [0.1, 0.15) is 24.3 Å². The second-order valence-corrected chi connectivity index (χ2v) is 5.85. The lowest BCUT2D eigenvalue weighted by molar-refractivity contribution is 0.253. The molecule has 0 unspecified atom stereocenters. The van der Waals surface area contributed by atoms with Gasteiger partial charge in [-0.25, -0.2) is 4.98 Å². The number of rotatable bonds is 2. The minimum Gasteiger partial charge on any atom is -0.319 e. The van der Waals surface area contributed by atoms with E-state index in [4.69, 9.17) is 17.3 Å². The molecule has 1 aromatic heterocycles. The Labute approximate surface area is 109 Å². The van der Waals surface area contributed by atoms with Gasteiger partial charge in [0.2, 0.25) is 0 Å². The number of hydrogen-bond acceptors (Lipinski definition) is 3. The van der Waals surface area contributed by atoms with Crippen LogP contribution in [0.4, 0.5) is 0 Å². The summed E-state index contributed by atoms with van der Waals surface area (Å²) in [6, 6.07) is 7.77. The van der Waals surface area contributed by atoms with Crippen molar-refractivity contribution in [3.8, 4) is 11.3 Å². The molecule has 0 atom stereocenters. The Bertz CT molecular complexity index is 546. The molecule has 0 amide bonds. The Morgan fingerprint density at radius 1 is 1.35 bits per heavy atom. The molecule has 0 bridgehead atoms. The largest absolute Gasteiger partial charge is 0.319 e. The fourth-order valence-electron chi connectivity index (χ4n) is 2.05. The Kier molecular flexibility index (Phi) is 2.69. The molecule has 0 spiro atoms. The Hall–Kier alpha value is -0.900. The van der Waals surface area contributed by atoms with E-state index >= 15 is 0 Å². The second kappa shape index (κ2) is 4.09. The van der Waals surface area contributed by atoms with Crippen LogP contribution in [0, 0.1) is 0 Å². The number of thiazole rings is 1. The van der Waals surface area contributed by atoms with Gasteiger partial charge < -0.3 is 5.73 Å². The van der Waals surface area contributed by atoms with Crippen molar-refractivity contribution >= 4 is 22.9 Å². The Morgan fingerprint density at radius 3 is 2.82 bits per heavy atom. The fourth-order valence-corrected chi connectivity index (χ4v) is 3.25. The van der Waals surface area contributed by atoms with Crippen molar-refractivity contribution in [2.45, 2.75) is 24.8 Å². The van der Waals surface area contributed by atoms with Gasteiger partial charge in [-0.15, -0.1) is 11.3 Å². The van der Waals surface area contributed by atoms with Crippen molar-refractivity contribution in [1.29, 1.82) is 0 Å². The zero-order valence-corrected chi connectivity index (χ0v) is 10.9. The minimum atomic E-state index is -0.165. The van der Waals surface area contributed by atoms with Gasteiger partial charge in [-0.05, 0) is 31.4 Å². The second-order valence-electron chi connectivity index (χ2n) is 4.56. The predicted molar refractivity (Wildman–Crippen MR) is 72.3 cm³/mol. The average Bonchev–Trinajstić information content (AvgIpc) is 2.75. The van der Waals surface area contributed by atoms with Crippen LogP contribution >= 0.6 is 22.9 Å². The van der Waals surface area contributed by atoms with E-state index in [0.29, 0.717) is 0 Å². The first-order chi connectivity index (χ1) is 8.17. The summed E-state index contributed by atoms with van der Waals surface area (Å²) < 4.78 is 0. The fraction of sp³-hybridized carbons (Fsp3) is 0.308. The zero-order valence-electron chi connectivity index (χ0n) is 9.32. The molecule has 88 valence electrons. The maximum absolute atomic E-state index is 6.27. The number of benzene rings is 1. The van der Waals surface area contributed by atoms with E-state index in [1.807, 2.05) is 24.3 Å². The molecule has 2 N–H and O–H groups in total. The van der Waals surface area contributed by atoms with Crippen LogP contribution in [0.25, 0.3) is 11.3 Å². The maximum atomic E-state index is 6.27. The maximum Gasteiger partial charge on any atom is 0.113 e. The summed E-state index contributed by atoms with van der Waals surface area (Å²) in [4.78, 5) is 4.65. The van der Waals surface area contributed by atoms with Gasteiger partial charge in [0.1, 0.15) is 5.01 Å². The third kappa shape index (κ3) is 1.99. The van der Waals surface area contributed by atoms with E-state index in [9.17, 15) is 0 Å². The number of nitrogens with two attached hydrogens (primary N) is 1. The highest BCUT2D eigenvalue weighted by Gasteiger charge is 2.37. The summed E-state index contributed by atoms with van der Waals surface area (Å²) >= 11 is 7.63. The molecule has 0 radical (unpaired) electrons. The first kappa shape index (κ1) is 11.2. The van der Waals surface area contributed by atoms with Gasteiger partial charge in [0.05, 0.1) is 11.2 Å². The Balaban J connectivity index is 1.95. The van der Waals surface area contributed by atoms with Crippen LogP contribution in [0.5, 0.6) is 0 Å². The molecule has 1 saturated carbocycles. The van der Waals surface area contributed by atoms with Crippen molar-refractivity contribution in [2.75, 3.05) is 0 Å². The quantitative estimate of drug-likeness (QED) is 0.896.